The molecule has 1 fully saturated rings. The standard InChI is InChI=1S/C15H23N3O4S/c1-23(20,21)17-13-5-7-18(8-6-13)10-12-3-2-4-14(9-12)22-11-15(16)19/h2-4,9,13,17H,5-8,10-11H2,1H3,(H2,16,19). The maximum Gasteiger partial charge on any atom is 0.255 e. The molecule has 0 bridgehead atoms. The Morgan fingerprint density at radius 2 is 2.09 bits per heavy atom. The molecule has 3 N–H and O–H groups in total. The summed E-state index contributed by atoms with van der Waals surface area (Å²) in [5.74, 6) is 0.116. The van der Waals surface area contributed by atoms with Gasteiger partial charge in [-0.1, -0.05) is 12.1 Å². The highest BCUT2D eigenvalue weighted by molar-refractivity contribution is 7.88. The van der Waals surface area contributed by atoms with Crippen LogP contribution in [0.15, 0.2) is 24.3 Å². The fourth-order valence-corrected chi connectivity index (χ4v) is 3.50. The number of likely N-dealkylation sites (tertiary alicyclic amines) is 1. The largest absolute Gasteiger partial charge is 0.484 e. The van der Waals surface area contributed by atoms with Crippen molar-refractivity contribution in [3.05, 3.63) is 29.8 Å². The molecule has 23 heavy (non-hydrogen) atoms. The molecule has 1 amide bonds. The summed E-state index contributed by atoms with van der Waals surface area (Å²) in [6.45, 7) is 2.30. The highest BCUT2D eigenvalue weighted by Gasteiger charge is 2.21. The predicted molar refractivity (Wildman–Crippen MR) is 87.4 cm³/mol. The summed E-state index contributed by atoms with van der Waals surface area (Å²) in [6, 6.07) is 7.58. The maximum absolute atomic E-state index is 11.2. The Balaban J connectivity index is 1.84. The number of nitrogens with one attached hydrogen (secondary N) is 1. The Bertz CT molecular complexity index is 640. The van der Waals surface area contributed by atoms with Gasteiger partial charge in [0.15, 0.2) is 6.61 Å². The van der Waals surface area contributed by atoms with Gasteiger partial charge in [0.2, 0.25) is 10.0 Å². The Hall–Kier alpha value is -1.64. The molecule has 0 unspecified atom stereocenters. The Labute approximate surface area is 136 Å². The molecule has 0 saturated carbocycles. The average molecular weight is 341 g/mol. The lowest BCUT2D eigenvalue weighted by atomic mass is 10.1. The number of hydrogen-bond donors (Lipinski definition) is 2. The summed E-state index contributed by atoms with van der Waals surface area (Å²) >= 11 is 0. The van der Waals surface area contributed by atoms with Gasteiger partial charge in [-0.2, -0.15) is 0 Å². The maximum atomic E-state index is 11.2. The zero-order valence-electron chi connectivity index (χ0n) is 13.2. The van der Waals surface area contributed by atoms with E-state index >= 15 is 0 Å². The van der Waals surface area contributed by atoms with Gasteiger partial charge in [-0.3, -0.25) is 9.69 Å². The van der Waals surface area contributed by atoms with Crippen molar-refractivity contribution in [2.45, 2.75) is 25.4 Å². The monoisotopic (exact) mass is 341 g/mol. The number of primary amides is 1. The third-order valence-electron chi connectivity index (χ3n) is 3.65. The molecule has 7 nitrogen and oxygen atoms in total. The van der Waals surface area contributed by atoms with Crippen molar-refractivity contribution in [2.75, 3.05) is 26.0 Å². The van der Waals surface area contributed by atoms with Crippen LogP contribution in [-0.4, -0.2) is 51.2 Å². The first kappa shape index (κ1) is 17.7. The van der Waals surface area contributed by atoms with Gasteiger partial charge in [0.25, 0.3) is 5.91 Å². The normalized spacial score (nSPS) is 17.1. The number of carbonyl (C=O) groups is 1. The van der Waals surface area contributed by atoms with E-state index in [1.807, 2.05) is 18.2 Å². The van der Waals surface area contributed by atoms with Gasteiger partial charge in [-0.05, 0) is 30.5 Å². The number of nitrogens with zero attached hydrogens (tertiary/aromatic N) is 1. The topological polar surface area (TPSA) is 102 Å². The number of carbonyl (C=O) groups excluding carboxylic acids is 1. The molecule has 2 rings (SSSR count). The van der Waals surface area contributed by atoms with Crippen LogP contribution < -0.4 is 15.2 Å². The van der Waals surface area contributed by atoms with Crippen LogP contribution in [0, 0.1) is 0 Å². The molecule has 1 aliphatic heterocycles. The summed E-state index contributed by atoms with van der Waals surface area (Å²) in [7, 11) is -3.14. The third-order valence-corrected chi connectivity index (χ3v) is 4.42. The minimum Gasteiger partial charge on any atom is -0.484 e. The van der Waals surface area contributed by atoms with Gasteiger partial charge in [0, 0.05) is 25.7 Å². The molecular formula is C15H23N3O4S. The average Bonchev–Trinajstić information content (AvgIpc) is 2.46. The van der Waals surface area contributed by atoms with Crippen molar-refractivity contribution < 1.29 is 17.9 Å². The second kappa shape index (κ2) is 7.76. The number of amides is 1. The van der Waals surface area contributed by atoms with Crippen LogP contribution in [0.5, 0.6) is 5.75 Å². The molecule has 0 aromatic heterocycles. The van der Waals surface area contributed by atoms with Crippen LogP contribution in [0.1, 0.15) is 18.4 Å². The number of piperidine rings is 1. The Morgan fingerprint density at radius 1 is 1.39 bits per heavy atom. The summed E-state index contributed by atoms with van der Waals surface area (Å²) in [6.07, 6.45) is 2.78. The molecule has 0 aliphatic carbocycles. The Morgan fingerprint density at radius 3 is 2.70 bits per heavy atom. The fourth-order valence-electron chi connectivity index (χ4n) is 2.66. The van der Waals surface area contributed by atoms with Gasteiger partial charge in [-0.25, -0.2) is 13.1 Å². The van der Waals surface area contributed by atoms with Crippen molar-refractivity contribution in [3.63, 3.8) is 0 Å². The van der Waals surface area contributed by atoms with E-state index in [-0.39, 0.29) is 12.6 Å². The molecule has 0 spiro atoms. The van der Waals surface area contributed by atoms with E-state index in [2.05, 4.69) is 9.62 Å². The molecule has 1 saturated heterocycles. The second-order valence-electron chi connectivity index (χ2n) is 5.84. The molecular weight excluding hydrogens is 318 g/mol. The predicted octanol–water partition coefficient (Wildman–Crippen LogP) is 0.0643. The van der Waals surface area contributed by atoms with Crippen LogP contribution in [0.4, 0.5) is 0 Å². The first-order valence-electron chi connectivity index (χ1n) is 7.51. The number of sulfonamides is 1. The van der Waals surface area contributed by atoms with Crippen LogP contribution in [0.3, 0.4) is 0 Å². The number of hydrogen-bond acceptors (Lipinski definition) is 5. The number of ether oxygens (including phenoxy) is 1. The van der Waals surface area contributed by atoms with Gasteiger partial charge in [-0.15, -0.1) is 0 Å². The lowest BCUT2D eigenvalue weighted by Crippen LogP contribution is -2.43. The molecule has 8 heteroatoms. The smallest absolute Gasteiger partial charge is 0.255 e. The van der Waals surface area contributed by atoms with Gasteiger partial charge in [0.05, 0.1) is 6.26 Å². The van der Waals surface area contributed by atoms with Crippen molar-refractivity contribution in [1.82, 2.24) is 9.62 Å². The molecule has 1 aliphatic rings. The SMILES string of the molecule is CS(=O)(=O)NC1CCN(Cc2cccc(OCC(N)=O)c2)CC1. The molecule has 128 valence electrons. The summed E-state index contributed by atoms with van der Waals surface area (Å²) in [5, 5.41) is 0. The lowest BCUT2D eigenvalue weighted by Gasteiger charge is -2.32. The van der Waals surface area contributed by atoms with E-state index in [9.17, 15) is 13.2 Å². The van der Waals surface area contributed by atoms with Crippen molar-refractivity contribution >= 4 is 15.9 Å². The van der Waals surface area contributed by atoms with E-state index in [1.165, 1.54) is 6.26 Å². The number of nitrogens with two attached hydrogens (primary N) is 1. The van der Waals surface area contributed by atoms with E-state index < -0.39 is 15.9 Å². The highest BCUT2D eigenvalue weighted by atomic mass is 32.2. The second-order valence-corrected chi connectivity index (χ2v) is 7.62. The van der Waals surface area contributed by atoms with Crippen LogP contribution in [0.25, 0.3) is 0 Å². The minimum absolute atomic E-state index is 0.0199. The number of benzene rings is 1. The van der Waals surface area contributed by atoms with Crippen molar-refractivity contribution in [2.24, 2.45) is 5.73 Å². The van der Waals surface area contributed by atoms with Crippen LogP contribution in [0.2, 0.25) is 0 Å². The number of rotatable bonds is 7. The van der Waals surface area contributed by atoms with Crippen molar-refractivity contribution in [3.8, 4) is 5.75 Å². The van der Waals surface area contributed by atoms with Gasteiger partial charge in [0.1, 0.15) is 5.75 Å². The van der Waals surface area contributed by atoms with Crippen LogP contribution >= 0.6 is 0 Å². The molecule has 0 atom stereocenters. The summed E-state index contributed by atoms with van der Waals surface area (Å²) in [4.78, 5) is 13.0. The van der Waals surface area contributed by atoms with Gasteiger partial charge >= 0.3 is 0 Å². The Kier molecular flexibility index (Phi) is 5.97. The molecule has 1 aromatic carbocycles. The van der Waals surface area contributed by atoms with E-state index in [1.54, 1.807) is 6.07 Å². The molecule has 1 heterocycles. The van der Waals surface area contributed by atoms with E-state index in [4.69, 9.17) is 10.5 Å². The zero-order valence-corrected chi connectivity index (χ0v) is 14.0. The minimum atomic E-state index is -3.14. The van der Waals surface area contributed by atoms with Gasteiger partial charge < -0.3 is 10.5 Å². The van der Waals surface area contributed by atoms with E-state index in [0.29, 0.717) is 5.75 Å². The summed E-state index contributed by atoms with van der Waals surface area (Å²) < 4.78 is 30.5. The zero-order chi connectivity index (χ0) is 16.9. The third kappa shape index (κ3) is 6.55. The van der Waals surface area contributed by atoms with E-state index in [0.717, 1.165) is 38.0 Å². The quantitative estimate of drug-likeness (QED) is 0.730. The molecule has 0 radical (unpaired) electrons. The lowest BCUT2D eigenvalue weighted by molar-refractivity contribution is -0.119. The fraction of sp³-hybridized carbons (Fsp3) is 0.533. The summed E-state index contributed by atoms with van der Waals surface area (Å²) in [5.41, 5.74) is 6.15. The van der Waals surface area contributed by atoms with Crippen molar-refractivity contribution in [1.29, 1.82) is 0 Å². The molecule has 1 aromatic rings. The highest BCUT2D eigenvalue weighted by Crippen LogP contribution is 2.18. The first-order chi connectivity index (χ1) is 10.8. The van der Waals surface area contributed by atoms with Crippen LogP contribution in [-0.2, 0) is 21.4 Å². The first-order valence-corrected chi connectivity index (χ1v) is 9.41.